The summed E-state index contributed by atoms with van der Waals surface area (Å²) in [6, 6.07) is 14.1. The predicted octanol–water partition coefficient (Wildman–Crippen LogP) is 4.46. The second-order valence-electron chi connectivity index (χ2n) is 6.44. The minimum atomic E-state index is -0.470. The number of amides is 1. The molecule has 0 spiro atoms. The SMILES string of the molecule is CCc1ccc2oc(C(=O)Nc3ccc(C)c4ncccc34)cc(=O)c2c1. The van der Waals surface area contributed by atoms with Crippen LogP contribution in [0.25, 0.3) is 21.9 Å². The smallest absolute Gasteiger partial charge is 0.291 e. The zero-order valence-electron chi connectivity index (χ0n) is 15.1. The highest BCUT2D eigenvalue weighted by molar-refractivity contribution is 6.08. The van der Waals surface area contributed by atoms with Crippen molar-refractivity contribution in [1.29, 1.82) is 0 Å². The van der Waals surface area contributed by atoms with Gasteiger partial charge in [0.15, 0.2) is 11.2 Å². The van der Waals surface area contributed by atoms with Gasteiger partial charge in [-0.3, -0.25) is 14.6 Å². The number of carbonyl (C=O) groups is 1. The quantitative estimate of drug-likeness (QED) is 0.587. The largest absolute Gasteiger partial charge is 0.451 e. The summed E-state index contributed by atoms with van der Waals surface area (Å²) in [5.74, 6) is -0.489. The van der Waals surface area contributed by atoms with Gasteiger partial charge in [-0.2, -0.15) is 0 Å². The number of nitrogens with zero attached hydrogens (tertiary/aromatic N) is 1. The third-order valence-corrected chi connectivity index (χ3v) is 4.64. The summed E-state index contributed by atoms with van der Waals surface area (Å²) in [7, 11) is 0. The summed E-state index contributed by atoms with van der Waals surface area (Å²) in [5.41, 5.74) is 3.69. The molecule has 1 amide bonds. The van der Waals surface area contributed by atoms with Crippen LogP contribution in [-0.2, 0) is 6.42 Å². The average molecular weight is 358 g/mol. The number of hydrogen-bond donors (Lipinski definition) is 1. The molecule has 0 atom stereocenters. The number of fused-ring (bicyclic) bond motifs is 2. The van der Waals surface area contributed by atoms with E-state index in [4.69, 9.17) is 4.42 Å². The molecule has 2 aromatic heterocycles. The molecule has 134 valence electrons. The molecule has 0 aliphatic rings. The van der Waals surface area contributed by atoms with Gasteiger partial charge in [-0.15, -0.1) is 0 Å². The van der Waals surface area contributed by atoms with Crippen LogP contribution >= 0.6 is 0 Å². The van der Waals surface area contributed by atoms with Crippen LogP contribution in [0, 0.1) is 6.92 Å². The Hall–Kier alpha value is -3.47. The van der Waals surface area contributed by atoms with Crippen LogP contribution in [0.4, 0.5) is 5.69 Å². The van der Waals surface area contributed by atoms with Crippen LogP contribution in [-0.4, -0.2) is 10.9 Å². The summed E-state index contributed by atoms with van der Waals surface area (Å²) in [6.45, 7) is 3.99. The molecule has 27 heavy (non-hydrogen) atoms. The fraction of sp³-hybridized carbons (Fsp3) is 0.136. The first kappa shape index (κ1) is 17.0. The van der Waals surface area contributed by atoms with Crippen molar-refractivity contribution in [2.45, 2.75) is 20.3 Å². The number of rotatable bonds is 3. The lowest BCUT2D eigenvalue weighted by Gasteiger charge is -2.10. The highest BCUT2D eigenvalue weighted by Crippen LogP contribution is 2.25. The fourth-order valence-corrected chi connectivity index (χ4v) is 3.14. The molecule has 2 heterocycles. The van der Waals surface area contributed by atoms with Crippen molar-refractivity contribution in [2.75, 3.05) is 5.32 Å². The highest BCUT2D eigenvalue weighted by Gasteiger charge is 2.15. The maximum atomic E-state index is 12.7. The molecule has 5 heteroatoms. The minimum Gasteiger partial charge on any atom is -0.451 e. The number of aromatic nitrogens is 1. The van der Waals surface area contributed by atoms with Gasteiger partial charge in [-0.25, -0.2) is 0 Å². The summed E-state index contributed by atoms with van der Waals surface area (Å²) in [5, 5.41) is 4.15. The molecule has 0 saturated carbocycles. The van der Waals surface area contributed by atoms with Gasteiger partial charge >= 0.3 is 0 Å². The number of aryl methyl sites for hydroxylation is 2. The molecule has 0 saturated heterocycles. The molecule has 4 rings (SSSR count). The van der Waals surface area contributed by atoms with Crippen LogP contribution in [0.5, 0.6) is 0 Å². The molecule has 0 bridgehead atoms. The number of nitrogens with one attached hydrogen (secondary N) is 1. The first-order valence-electron chi connectivity index (χ1n) is 8.79. The third kappa shape index (κ3) is 3.08. The second-order valence-corrected chi connectivity index (χ2v) is 6.44. The third-order valence-electron chi connectivity index (χ3n) is 4.64. The van der Waals surface area contributed by atoms with Crippen LogP contribution < -0.4 is 10.7 Å². The molecule has 0 unspecified atom stereocenters. The molecular weight excluding hydrogens is 340 g/mol. The van der Waals surface area contributed by atoms with Crippen molar-refractivity contribution in [3.8, 4) is 0 Å². The van der Waals surface area contributed by atoms with E-state index < -0.39 is 5.91 Å². The van der Waals surface area contributed by atoms with E-state index in [2.05, 4.69) is 10.3 Å². The van der Waals surface area contributed by atoms with Crippen LogP contribution in [0.1, 0.15) is 28.6 Å². The monoisotopic (exact) mass is 358 g/mol. The molecule has 1 N–H and O–H groups in total. The van der Waals surface area contributed by atoms with Gasteiger partial charge in [0.1, 0.15) is 5.58 Å². The fourth-order valence-electron chi connectivity index (χ4n) is 3.14. The topological polar surface area (TPSA) is 72.2 Å². The van der Waals surface area contributed by atoms with Crippen molar-refractivity contribution in [3.05, 3.63) is 81.8 Å². The summed E-state index contributed by atoms with van der Waals surface area (Å²) in [4.78, 5) is 29.5. The van der Waals surface area contributed by atoms with Gasteiger partial charge in [-0.05, 0) is 54.8 Å². The Kier molecular flexibility index (Phi) is 4.20. The van der Waals surface area contributed by atoms with Gasteiger partial charge in [-0.1, -0.05) is 19.1 Å². The second kappa shape index (κ2) is 6.68. The van der Waals surface area contributed by atoms with Gasteiger partial charge in [0.05, 0.1) is 16.6 Å². The normalized spacial score (nSPS) is 11.0. The lowest BCUT2D eigenvalue weighted by molar-refractivity contribution is 0.0997. The first-order chi connectivity index (χ1) is 13.1. The zero-order valence-corrected chi connectivity index (χ0v) is 15.1. The Morgan fingerprint density at radius 2 is 1.96 bits per heavy atom. The number of benzene rings is 2. The van der Waals surface area contributed by atoms with E-state index in [-0.39, 0.29) is 11.2 Å². The maximum Gasteiger partial charge on any atom is 0.291 e. The Labute approximate surface area is 155 Å². The molecule has 0 aliphatic heterocycles. The van der Waals surface area contributed by atoms with E-state index in [0.29, 0.717) is 16.7 Å². The number of hydrogen-bond acceptors (Lipinski definition) is 4. The number of pyridine rings is 1. The Bertz CT molecular complexity index is 1240. The van der Waals surface area contributed by atoms with Crippen LogP contribution in [0.3, 0.4) is 0 Å². The average Bonchev–Trinajstić information content (AvgIpc) is 2.70. The van der Waals surface area contributed by atoms with Crippen molar-refractivity contribution >= 4 is 33.5 Å². The lowest BCUT2D eigenvalue weighted by atomic mass is 10.1. The summed E-state index contributed by atoms with van der Waals surface area (Å²) < 4.78 is 5.68. The van der Waals surface area contributed by atoms with Crippen molar-refractivity contribution < 1.29 is 9.21 Å². The number of carbonyl (C=O) groups excluding carboxylic acids is 1. The Morgan fingerprint density at radius 1 is 1.11 bits per heavy atom. The molecule has 0 radical (unpaired) electrons. The van der Waals surface area contributed by atoms with E-state index in [0.717, 1.165) is 28.5 Å². The molecule has 5 nitrogen and oxygen atoms in total. The van der Waals surface area contributed by atoms with Crippen LogP contribution in [0.2, 0.25) is 0 Å². The van der Waals surface area contributed by atoms with E-state index in [9.17, 15) is 9.59 Å². The standard InChI is InChI=1S/C22H18N2O3/c1-3-14-7-9-19-16(11-14)18(25)12-20(27-19)22(26)24-17-8-6-13(2)21-15(17)5-4-10-23-21/h4-12H,3H2,1-2H3,(H,24,26). The molecular formula is C22H18N2O3. The van der Waals surface area contributed by atoms with Gasteiger partial charge in [0, 0.05) is 17.6 Å². The number of anilines is 1. The van der Waals surface area contributed by atoms with Gasteiger partial charge in [0.2, 0.25) is 0 Å². The van der Waals surface area contributed by atoms with E-state index in [1.54, 1.807) is 12.3 Å². The van der Waals surface area contributed by atoms with Gasteiger partial charge in [0.25, 0.3) is 5.91 Å². The van der Waals surface area contributed by atoms with E-state index >= 15 is 0 Å². The molecule has 0 fully saturated rings. The van der Waals surface area contributed by atoms with Crippen molar-refractivity contribution in [3.63, 3.8) is 0 Å². The van der Waals surface area contributed by atoms with Crippen molar-refractivity contribution in [2.24, 2.45) is 0 Å². The van der Waals surface area contributed by atoms with Crippen molar-refractivity contribution in [1.82, 2.24) is 4.98 Å². The van der Waals surface area contributed by atoms with Gasteiger partial charge < -0.3 is 9.73 Å². The summed E-state index contributed by atoms with van der Waals surface area (Å²) in [6.07, 6.45) is 2.54. The molecule has 4 aromatic rings. The van der Waals surface area contributed by atoms with E-state index in [1.807, 2.05) is 50.2 Å². The first-order valence-corrected chi connectivity index (χ1v) is 8.79. The highest BCUT2D eigenvalue weighted by atomic mass is 16.3. The maximum absolute atomic E-state index is 12.7. The molecule has 0 aliphatic carbocycles. The van der Waals surface area contributed by atoms with Crippen LogP contribution in [0.15, 0.2) is 63.9 Å². The molecule has 2 aromatic carbocycles. The zero-order chi connectivity index (χ0) is 19.0. The predicted molar refractivity (Wildman–Crippen MR) is 106 cm³/mol. The van der Waals surface area contributed by atoms with E-state index in [1.165, 1.54) is 6.07 Å². The lowest BCUT2D eigenvalue weighted by Crippen LogP contribution is -2.15. The Morgan fingerprint density at radius 3 is 2.78 bits per heavy atom. The summed E-state index contributed by atoms with van der Waals surface area (Å²) >= 11 is 0. The Balaban J connectivity index is 1.74. The minimum absolute atomic E-state index is 0.0191.